The lowest BCUT2D eigenvalue weighted by Gasteiger charge is -2.31. The van der Waals surface area contributed by atoms with Crippen LogP contribution in [0.2, 0.25) is 5.02 Å². The minimum Gasteiger partial charge on any atom is -0.451 e. The van der Waals surface area contributed by atoms with Crippen LogP contribution in [-0.2, 0) is 4.79 Å². The van der Waals surface area contributed by atoms with Gasteiger partial charge in [-0.15, -0.1) is 0 Å². The fraction of sp³-hybridized carbons (Fsp3) is 0.412. The number of hydrogen-bond donors (Lipinski definition) is 0. The smallest absolute Gasteiger partial charge is 0.289 e. The zero-order valence-electron chi connectivity index (χ0n) is 13.2. The van der Waals surface area contributed by atoms with Crippen LogP contribution in [0.3, 0.4) is 0 Å². The molecule has 0 unspecified atom stereocenters. The Morgan fingerprint density at radius 1 is 1.22 bits per heavy atom. The van der Waals surface area contributed by atoms with Gasteiger partial charge in [0.15, 0.2) is 5.76 Å². The van der Waals surface area contributed by atoms with E-state index >= 15 is 0 Å². The summed E-state index contributed by atoms with van der Waals surface area (Å²) >= 11 is 5.95. The Morgan fingerprint density at radius 3 is 2.57 bits per heavy atom. The van der Waals surface area contributed by atoms with Crippen LogP contribution in [0.15, 0.2) is 28.7 Å². The molecule has 1 aromatic carbocycles. The maximum Gasteiger partial charge on any atom is 0.289 e. The van der Waals surface area contributed by atoms with E-state index in [1.807, 2.05) is 0 Å². The zero-order chi connectivity index (χ0) is 16.6. The fourth-order valence-corrected chi connectivity index (χ4v) is 3.15. The number of amides is 2. The second-order valence-corrected chi connectivity index (χ2v) is 6.53. The summed E-state index contributed by atoms with van der Waals surface area (Å²) in [5, 5.41) is 1.43. The number of fused-ring (bicyclic) bond motifs is 1. The van der Waals surface area contributed by atoms with Crippen molar-refractivity contribution in [2.24, 2.45) is 5.92 Å². The molecule has 0 spiro atoms. The number of halogens is 1. The predicted octanol–water partition coefficient (Wildman–Crippen LogP) is 3.03. The highest BCUT2D eigenvalue weighted by Crippen LogP contribution is 2.26. The van der Waals surface area contributed by atoms with Crippen molar-refractivity contribution in [1.29, 1.82) is 0 Å². The molecule has 1 aromatic heterocycles. The largest absolute Gasteiger partial charge is 0.451 e. The quantitative estimate of drug-likeness (QED) is 0.848. The van der Waals surface area contributed by atoms with Crippen molar-refractivity contribution < 1.29 is 14.0 Å². The maximum atomic E-state index is 12.6. The Hall–Kier alpha value is -2.01. The van der Waals surface area contributed by atoms with E-state index in [9.17, 15) is 9.59 Å². The molecule has 0 N–H and O–H groups in total. The fourth-order valence-electron chi connectivity index (χ4n) is 2.97. The molecular weight excluding hydrogens is 316 g/mol. The van der Waals surface area contributed by atoms with Gasteiger partial charge < -0.3 is 14.2 Å². The lowest BCUT2D eigenvalue weighted by atomic mass is 9.95. The maximum absolute atomic E-state index is 12.6. The average molecular weight is 335 g/mol. The molecule has 23 heavy (non-hydrogen) atoms. The lowest BCUT2D eigenvalue weighted by Crippen LogP contribution is -2.42. The number of furan rings is 1. The Kier molecular flexibility index (Phi) is 4.31. The monoisotopic (exact) mass is 334 g/mol. The molecule has 122 valence electrons. The van der Waals surface area contributed by atoms with Gasteiger partial charge in [-0.2, -0.15) is 0 Å². The number of likely N-dealkylation sites (tertiary alicyclic amines) is 1. The van der Waals surface area contributed by atoms with Crippen LogP contribution in [0.25, 0.3) is 11.0 Å². The van der Waals surface area contributed by atoms with Gasteiger partial charge in [0, 0.05) is 43.5 Å². The first-order chi connectivity index (χ1) is 11.0. The summed E-state index contributed by atoms with van der Waals surface area (Å²) < 4.78 is 5.63. The van der Waals surface area contributed by atoms with Gasteiger partial charge in [0.05, 0.1) is 0 Å². The number of rotatable bonds is 2. The van der Waals surface area contributed by atoms with Crippen LogP contribution in [0, 0.1) is 5.92 Å². The SMILES string of the molecule is CN(C)C(=O)C1CCN(C(=O)c2cc3cc(Cl)ccc3o2)CC1. The standard InChI is InChI=1S/C17H19ClN2O3/c1-19(2)16(21)11-5-7-20(8-6-11)17(22)15-10-12-9-13(18)3-4-14(12)23-15/h3-4,9-11H,5-8H2,1-2H3. The summed E-state index contributed by atoms with van der Waals surface area (Å²) in [6.07, 6.45) is 1.38. The van der Waals surface area contributed by atoms with E-state index in [0.29, 0.717) is 42.3 Å². The third kappa shape index (κ3) is 3.20. The van der Waals surface area contributed by atoms with Gasteiger partial charge in [0.25, 0.3) is 5.91 Å². The molecule has 2 amide bonds. The Morgan fingerprint density at radius 2 is 1.91 bits per heavy atom. The van der Waals surface area contributed by atoms with Crippen molar-refractivity contribution in [3.8, 4) is 0 Å². The molecule has 1 aliphatic heterocycles. The van der Waals surface area contributed by atoms with Crippen molar-refractivity contribution in [2.75, 3.05) is 27.2 Å². The molecule has 1 fully saturated rings. The number of nitrogens with zero attached hydrogens (tertiary/aromatic N) is 2. The number of carbonyl (C=O) groups excluding carboxylic acids is 2. The summed E-state index contributed by atoms with van der Waals surface area (Å²) in [5.41, 5.74) is 0.649. The normalized spacial score (nSPS) is 15.9. The minimum absolute atomic E-state index is 0.00327. The zero-order valence-corrected chi connectivity index (χ0v) is 14.0. The Labute approximate surface area is 139 Å². The van der Waals surface area contributed by atoms with Crippen molar-refractivity contribution >= 4 is 34.4 Å². The van der Waals surface area contributed by atoms with E-state index in [1.165, 1.54) is 0 Å². The van der Waals surface area contributed by atoms with E-state index in [4.69, 9.17) is 16.0 Å². The minimum atomic E-state index is -0.131. The first kappa shape index (κ1) is 15.9. The third-order valence-corrected chi connectivity index (χ3v) is 4.50. The highest BCUT2D eigenvalue weighted by Gasteiger charge is 2.29. The van der Waals surface area contributed by atoms with Crippen LogP contribution < -0.4 is 0 Å². The van der Waals surface area contributed by atoms with Crippen LogP contribution in [-0.4, -0.2) is 48.8 Å². The topological polar surface area (TPSA) is 53.8 Å². The van der Waals surface area contributed by atoms with Gasteiger partial charge in [-0.25, -0.2) is 0 Å². The van der Waals surface area contributed by atoms with E-state index in [-0.39, 0.29) is 17.7 Å². The van der Waals surface area contributed by atoms with Gasteiger partial charge in [-0.1, -0.05) is 11.6 Å². The average Bonchev–Trinajstić information content (AvgIpc) is 2.96. The lowest BCUT2D eigenvalue weighted by molar-refractivity contribution is -0.134. The van der Waals surface area contributed by atoms with Gasteiger partial charge in [0.2, 0.25) is 5.91 Å². The van der Waals surface area contributed by atoms with Crippen molar-refractivity contribution in [3.05, 3.63) is 35.0 Å². The molecule has 6 heteroatoms. The van der Waals surface area contributed by atoms with Crippen LogP contribution >= 0.6 is 11.6 Å². The van der Waals surface area contributed by atoms with E-state index < -0.39 is 0 Å². The predicted molar refractivity (Wildman–Crippen MR) is 88.5 cm³/mol. The molecule has 0 atom stereocenters. The molecule has 1 aliphatic rings. The molecule has 2 aromatic rings. The highest BCUT2D eigenvalue weighted by molar-refractivity contribution is 6.31. The van der Waals surface area contributed by atoms with Crippen LogP contribution in [0.4, 0.5) is 0 Å². The molecule has 2 heterocycles. The van der Waals surface area contributed by atoms with Gasteiger partial charge >= 0.3 is 0 Å². The Bertz CT molecular complexity index is 745. The van der Waals surface area contributed by atoms with E-state index in [2.05, 4.69) is 0 Å². The van der Waals surface area contributed by atoms with Gasteiger partial charge in [0.1, 0.15) is 5.58 Å². The summed E-state index contributed by atoms with van der Waals surface area (Å²) in [6, 6.07) is 7.00. The summed E-state index contributed by atoms with van der Waals surface area (Å²) in [6.45, 7) is 1.14. The van der Waals surface area contributed by atoms with E-state index in [0.717, 1.165) is 5.39 Å². The molecule has 5 nitrogen and oxygen atoms in total. The molecule has 1 saturated heterocycles. The van der Waals surface area contributed by atoms with Crippen LogP contribution in [0.5, 0.6) is 0 Å². The van der Waals surface area contributed by atoms with Crippen LogP contribution in [0.1, 0.15) is 23.4 Å². The summed E-state index contributed by atoms with van der Waals surface area (Å²) in [5.74, 6) is 0.326. The van der Waals surface area contributed by atoms with Gasteiger partial charge in [-0.05, 0) is 37.1 Å². The number of piperidine rings is 1. The Balaban J connectivity index is 1.70. The second kappa shape index (κ2) is 6.24. The molecule has 0 radical (unpaired) electrons. The third-order valence-electron chi connectivity index (χ3n) is 4.26. The number of carbonyl (C=O) groups is 2. The molecule has 0 bridgehead atoms. The molecule has 0 saturated carbocycles. The first-order valence-corrected chi connectivity index (χ1v) is 8.03. The second-order valence-electron chi connectivity index (χ2n) is 6.09. The summed E-state index contributed by atoms with van der Waals surface area (Å²) in [4.78, 5) is 27.9. The van der Waals surface area contributed by atoms with Crippen molar-refractivity contribution in [1.82, 2.24) is 9.80 Å². The summed E-state index contributed by atoms with van der Waals surface area (Å²) in [7, 11) is 3.53. The number of benzene rings is 1. The molecule has 0 aliphatic carbocycles. The highest BCUT2D eigenvalue weighted by atomic mass is 35.5. The first-order valence-electron chi connectivity index (χ1n) is 7.65. The molecular formula is C17H19ClN2O3. The van der Waals surface area contributed by atoms with Crippen molar-refractivity contribution in [3.63, 3.8) is 0 Å². The number of hydrogen-bond acceptors (Lipinski definition) is 3. The molecule has 3 rings (SSSR count). The van der Waals surface area contributed by atoms with Crippen molar-refractivity contribution in [2.45, 2.75) is 12.8 Å². The van der Waals surface area contributed by atoms with E-state index in [1.54, 1.807) is 48.2 Å². The van der Waals surface area contributed by atoms with Gasteiger partial charge in [-0.3, -0.25) is 9.59 Å².